The predicted octanol–water partition coefficient (Wildman–Crippen LogP) is 4.87. The van der Waals surface area contributed by atoms with E-state index in [0.717, 1.165) is 15.8 Å². The van der Waals surface area contributed by atoms with Crippen molar-refractivity contribution in [1.82, 2.24) is 10.2 Å². The zero-order valence-electron chi connectivity index (χ0n) is 13.6. The van der Waals surface area contributed by atoms with Crippen molar-refractivity contribution in [3.8, 4) is 17.2 Å². The Kier molecular flexibility index (Phi) is 5.55. The maximum absolute atomic E-state index is 12.5. The van der Waals surface area contributed by atoms with Gasteiger partial charge in [0, 0.05) is 15.6 Å². The molecule has 1 atom stereocenters. The number of carbonyl (C=O) groups excluding carboxylic acids is 1. The van der Waals surface area contributed by atoms with Gasteiger partial charge in [-0.15, -0.1) is 10.2 Å². The number of halogens is 1. The molecule has 0 bridgehead atoms. The summed E-state index contributed by atoms with van der Waals surface area (Å²) in [5.41, 5.74) is 1.45. The Labute approximate surface area is 157 Å². The summed E-state index contributed by atoms with van der Waals surface area (Å²) >= 11 is 4.61. The number of aromatic nitrogens is 2. The van der Waals surface area contributed by atoms with Gasteiger partial charge in [-0.2, -0.15) is 0 Å². The lowest BCUT2D eigenvalue weighted by Gasteiger charge is -2.07. The second-order valence-corrected chi connectivity index (χ2v) is 7.44. The summed E-state index contributed by atoms with van der Waals surface area (Å²) in [7, 11) is 1.61. The van der Waals surface area contributed by atoms with Gasteiger partial charge in [0.05, 0.1) is 12.4 Å². The summed E-state index contributed by atoms with van der Waals surface area (Å²) in [6.45, 7) is 1.83. The van der Waals surface area contributed by atoms with E-state index >= 15 is 0 Å². The second kappa shape index (κ2) is 7.84. The van der Waals surface area contributed by atoms with Gasteiger partial charge in [0.2, 0.25) is 5.89 Å². The van der Waals surface area contributed by atoms with Gasteiger partial charge in [-0.1, -0.05) is 39.8 Å². The minimum absolute atomic E-state index is 0.0155. The lowest BCUT2D eigenvalue weighted by molar-refractivity contribution is 0.0993. The van der Waals surface area contributed by atoms with E-state index in [0.29, 0.717) is 16.7 Å². The molecule has 1 unspecified atom stereocenters. The molecule has 0 spiro atoms. The summed E-state index contributed by atoms with van der Waals surface area (Å²) in [5, 5.41) is 8.10. The minimum Gasteiger partial charge on any atom is -0.497 e. The molecular formula is C18H15BrN2O3S. The summed E-state index contributed by atoms with van der Waals surface area (Å²) in [6.07, 6.45) is 0. The fraction of sp³-hybridized carbons (Fsp3) is 0.167. The van der Waals surface area contributed by atoms with Crippen LogP contribution < -0.4 is 4.74 Å². The standard InChI is InChI=1S/C18H15BrN2O3S/c1-11(16(22)12-3-7-14(19)8-4-12)25-18-21-20-17(24-18)13-5-9-15(23-2)10-6-13/h3-11H,1-2H3. The molecule has 3 aromatic rings. The predicted molar refractivity (Wildman–Crippen MR) is 100 cm³/mol. The highest BCUT2D eigenvalue weighted by atomic mass is 79.9. The highest BCUT2D eigenvalue weighted by molar-refractivity contribution is 9.10. The molecule has 0 saturated heterocycles. The van der Waals surface area contributed by atoms with E-state index < -0.39 is 0 Å². The third kappa shape index (κ3) is 4.29. The van der Waals surface area contributed by atoms with E-state index in [1.807, 2.05) is 43.3 Å². The number of hydrogen-bond acceptors (Lipinski definition) is 6. The van der Waals surface area contributed by atoms with Gasteiger partial charge >= 0.3 is 0 Å². The molecular weight excluding hydrogens is 404 g/mol. The molecule has 0 aliphatic heterocycles. The second-order valence-electron chi connectivity index (χ2n) is 5.23. The number of benzene rings is 2. The Hall–Kier alpha value is -2.12. The quantitative estimate of drug-likeness (QED) is 0.420. The minimum atomic E-state index is -0.328. The zero-order chi connectivity index (χ0) is 17.8. The van der Waals surface area contributed by atoms with Crippen molar-refractivity contribution in [2.75, 3.05) is 7.11 Å². The third-order valence-corrected chi connectivity index (χ3v) is 4.98. The first-order chi connectivity index (χ1) is 12.1. The molecule has 128 valence electrons. The van der Waals surface area contributed by atoms with E-state index in [4.69, 9.17) is 9.15 Å². The van der Waals surface area contributed by atoms with Crippen LogP contribution in [0, 0.1) is 0 Å². The highest BCUT2D eigenvalue weighted by Crippen LogP contribution is 2.28. The molecule has 1 heterocycles. The van der Waals surface area contributed by atoms with Crippen LogP contribution >= 0.6 is 27.7 Å². The first kappa shape index (κ1) is 17.7. The number of rotatable bonds is 6. The van der Waals surface area contributed by atoms with E-state index in [-0.39, 0.29) is 11.0 Å². The molecule has 0 saturated carbocycles. The zero-order valence-corrected chi connectivity index (χ0v) is 16.0. The molecule has 7 heteroatoms. The molecule has 2 aromatic carbocycles. The van der Waals surface area contributed by atoms with E-state index in [9.17, 15) is 4.79 Å². The molecule has 0 fully saturated rings. The van der Waals surface area contributed by atoms with Gasteiger partial charge in [-0.25, -0.2) is 0 Å². The molecule has 3 rings (SSSR count). The van der Waals surface area contributed by atoms with Crippen molar-refractivity contribution in [1.29, 1.82) is 0 Å². The fourth-order valence-corrected chi connectivity index (χ4v) is 3.19. The number of nitrogens with zero attached hydrogens (tertiary/aromatic N) is 2. The molecule has 0 aliphatic carbocycles. The lowest BCUT2D eigenvalue weighted by Crippen LogP contribution is -2.13. The summed E-state index contributed by atoms with van der Waals surface area (Å²) < 4.78 is 11.7. The van der Waals surface area contributed by atoms with Crippen LogP contribution in [-0.2, 0) is 0 Å². The van der Waals surface area contributed by atoms with E-state index in [2.05, 4.69) is 26.1 Å². The van der Waals surface area contributed by atoms with Gasteiger partial charge in [-0.05, 0) is 43.3 Å². The molecule has 0 aliphatic rings. The lowest BCUT2D eigenvalue weighted by atomic mass is 10.1. The number of ketones is 1. The van der Waals surface area contributed by atoms with Gasteiger partial charge in [0.25, 0.3) is 5.22 Å². The molecule has 0 amide bonds. The van der Waals surface area contributed by atoms with Crippen LogP contribution in [0.3, 0.4) is 0 Å². The van der Waals surface area contributed by atoms with Gasteiger partial charge in [0.15, 0.2) is 5.78 Å². The Morgan fingerprint density at radius 3 is 2.44 bits per heavy atom. The third-order valence-electron chi connectivity index (χ3n) is 3.52. The first-order valence-corrected chi connectivity index (χ1v) is 9.18. The van der Waals surface area contributed by atoms with Crippen molar-refractivity contribution in [2.45, 2.75) is 17.4 Å². The topological polar surface area (TPSA) is 65.2 Å². The number of Topliss-reactive ketones (excluding diaryl/α,β-unsaturated/α-hetero) is 1. The number of thioether (sulfide) groups is 1. The van der Waals surface area contributed by atoms with Crippen LogP contribution in [-0.4, -0.2) is 28.3 Å². The first-order valence-electron chi connectivity index (χ1n) is 7.51. The maximum Gasteiger partial charge on any atom is 0.277 e. The molecule has 0 N–H and O–H groups in total. The number of carbonyl (C=O) groups is 1. The Morgan fingerprint density at radius 2 is 1.80 bits per heavy atom. The largest absolute Gasteiger partial charge is 0.497 e. The van der Waals surface area contributed by atoms with Crippen LogP contribution in [0.15, 0.2) is 62.6 Å². The summed E-state index contributed by atoms with van der Waals surface area (Å²) in [6, 6.07) is 14.6. The van der Waals surface area contributed by atoms with Crippen molar-refractivity contribution in [3.63, 3.8) is 0 Å². The van der Waals surface area contributed by atoms with Crippen LogP contribution in [0.4, 0.5) is 0 Å². The smallest absolute Gasteiger partial charge is 0.277 e. The van der Waals surface area contributed by atoms with E-state index in [1.54, 1.807) is 19.2 Å². The maximum atomic E-state index is 12.5. The number of hydrogen-bond donors (Lipinski definition) is 0. The van der Waals surface area contributed by atoms with E-state index in [1.165, 1.54) is 11.8 Å². The van der Waals surface area contributed by atoms with Gasteiger partial charge in [-0.3, -0.25) is 4.79 Å². The molecule has 5 nitrogen and oxygen atoms in total. The number of methoxy groups -OCH3 is 1. The van der Waals surface area contributed by atoms with Crippen molar-refractivity contribution >= 4 is 33.5 Å². The average molecular weight is 419 g/mol. The van der Waals surface area contributed by atoms with Crippen LogP contribution in [0.25, 0.3) is 11.5 Å². The molecule has 25 heavy (non-hydrogen) atoms. The van der Waals surface area contributed by atoms with Gasteiger partial charge < -0.3 is 9.15 Å². The summed E-state index contributed by atoms with van der Waals surface area (Å²) in [5.74, 6) is 1.18. The Morgan fingerprint density at radius 1 is 1.12 bits per heavy atom. The SMILES string of the molecule is COc1ccc(-c2nnc(SC(C)C(=O)c3ccc(Br)cc3)o2)cc1. The van der Waals surface area contributed by atoms with Crippen LogP contribution in [0.1, 0.15) is 17.3 Å². The van der Waals surface area contributed by atoms with Crippen molar-refractivity contribution < 1.29 is 13.9 Å². The Bertz CT molecular complexity index is 863. The van der Waals surface area contributed by atoms with Crippen molar-refractivity contribution in [2.24, 2.45) is 0 Å². The monoisotopic (exact) mass is 418 g/mol. The van der Waals surface area contributed by atoms with Crippen molar-refractivity contribution in [3.05, 3.63) is 58.6 Å². The highest BCUT2D eigenvalue weighted by Gasteiger charge is 2.20. The number of ether oxygens (including phenoxy) is 1. The normalized spacial score (nSPS) is 12.0. The fourth-order valence-electron chi connectivity index (χ4n) is 2.16. The van der Waals surface area contributed by atoms with Gasteiger partial charge in [0.1, 0.15) is 5.75 Å². The van der Waals surface area contributed by atoms with Crippen LogP contribution in [0.5, 0.6) is 5.75 Å². The van der Waals surface area contributed by atoms with Crippen LogP contribution in [0.2, 0.25) is 0 Å². The molecule has 1 aromatic heterocycles. The Balaban J connectivity index is 1.69. The average Bonchev–Trinajstić information content (AvgIpc) is 3.10. The molecule has 0 radical (unpaired) electrons. The summed E-state index contributed by atoms with van der Waals surface area (Å²) in [4.78, 5) is 12.5.